The molecule has 0 radical (unpaired) electrons. The summed E-state index contributed by atoms with van der Waals surface area (Å²) in [6, 6.07) is 2.05. The average molecular weight is 205 g/mol. The summed E-state index contributed by atoms with van der Waals surface area (Å²) < 4.78 is 3.75. The predicted molar refractivity (Wildman–Crippen MR) is 58.4 cm³/mol. The normalized spacial score (nSPS) is 10.9. The van der Waals surface area contributed by atoms with Crippen LogP contribution in [0.1, 0.15) is 17.1 Å². The van der Waals surface area contributed by atoms with Gasteiger partial charge in [-0.2, -0.15) is 10.2 Å². The summed E-state index contributed by atoms with van der Waals surface area (Å²) in [7, 11) is 1.94. The van der Waals surface area contributed by atoms with Gasteiger partial charge in [0.2, 0.25) is 0 Å². The van der Waals surface area contributed by atoms with Crippen LogP contribution in [0.3, 0.4) is 0 Å². The number of nitrogens with two attached hydrogens (primary N) is 1. The van der Waals surface area contributed by atoms with Crippen molar-refractivity contribution in [2.24, 2.45) is 7.05 Å². The first kappa shape index (κ1) is 9.76. The largest absolute Gasteiger partial charge is 0.396 e. The molecule has 0 aliphatic rings. The van der Waals surface area contributed by atoms with Crippen LogP contribution < -0.4 is 5.73 Å². The topological polar surface area (TPSA) is 61.7 Å². The minimum atomic E-state index is 0.709. The Labute approximate surface area is 88.5 Å². The Morgan fingerprint density at radius 2 is 2.13 bits per heavy atom. The lowest BCUT2D eigenvalue weighted by Gasteiger charge is -2.04. The summed E-state index contributed by atoms with van der Waals surface area (Å²) in [5, 5.41) is 8.50. The summed E-state index contributed by atoms with van der Waals surface area (Å²) in [5.74, 6) is 0. The second kappa shape index (κ2) is 3.42. The molecule has 2 heterocycles. The monoisotopic (exact) mass is 205 g/mol. The van der Waals surface area contributed by atoms with Gasteiger partial charge in [0.05, 0.1) is 35.5 Å². The molecule has 2 rings (SSSR count). The van der Waals surface area contributed by atoms with Crippen molar-refractivity contribution in [3.05, 3.63) is 29.3 Å². The van der Waals surface area contributed by atoms with E-state index in [1.807, 2.05) is 30.3 Å². The Morgan fingerprint density at radius 1 is 1.40 bits per heavy atom. The lowest BCUT2D eigenvalue weighted by atomic mass is 10.3. The quantitative estimate of drug-likeness (QED) is 0.791. The van der Waals surface area contributed by atoms with Gasteiger partial charge in [-0.05, 0) is 19.9 Å². The molecule has 0 amide bonds. The third kappa shape index (κ3) is 1.72. The summed E-state index contributed by atoms with van der Waals surface area (Å²) >= 11 is 0. The van der Waals surface area contributed by atoms with Crippen molar-refractivity contribution in [3.63, 3.8) is 0 Å². The average Bonchev–Trinajstić information content (AvgIpc) is 2.64. The van der Waals surface area contributed by atoms with Crippen molar-refractivity contribution >= 4 is 5.69 Å². The molecule has 0 saturated carbocycles. The molecule has 5 heteroatoms. The molecule has 80 valence electrons. The summed E-state index contributed by atoms with van der Waals surface area (Å²) in [6.45, 7) is 4.65. The fraction of sp³-hybridized carbons (Fsp3) is 0.400. The highest BCUT2D eigenvalue weighted by atomic mass is 15.3. The van der Waals surface area contributed by atoms with Crippen LogP contribution in [-0.4, -0.2) is 19.6 Å². The van der Waals surface area contributed by atoms with Crippen LogP contribution >= 0.6 is 0 Å². The van der Waals surface area contributed by atoms with Crippen molar-refractivity contribution in [1.29, 1.82) is 0 Å². The minimum absolute atomic E-state index is 0.709. The highest BCUT2D eigenvalue weighted by Crippen LogP contribution is 2.11. The Bertz CT molecular complexity index is 480. The van der Waals surface area contributed by atoms with Gasteiger partial charge in [0.1, 0.15) is 0 Å². The predicted octanol–water partition coefficient (Wildman–Crippen LogP) is 0.864. The molecular formula is C10H15N5. The van der Waals surface area contributed by atoms with Crippen LogP contribution in [0.4, 0.5) is 5.69 Å². The maximum Gasteiger partial charge on any atom is 0.0832 e. The number of hydrogen-bond acceptors (Lipinski definition) is 3. The summed E-state index contributed by atoms with van der Waals surface area (Å²) in [4.78, 5) is 0. The van der Waals surface area contributed by atoms with Crippen molar-refractivity contribution in [2.45, 2.75) is 20.4 Å². The van der Waals surface area contributed by atoms with Crippen LogP contribution in [0.2, 0.25) is 0 Å². The molecule has 0 bridgehead atoms. The molecule has 5 nitrogen and oxygen atoms in total. The molecule has 0 unspecified atom stereocenters. The number of hydrogen-bond donors (Lipinski definition) is 1. The molecular weight excluding hydrogens is 190 g/mol. The zero-order valence-corrected chi connectivity index (χ0v) is 9.23. The number of anilines is 1. The smallest absolute Gasteiger partial charge is 0.0832 e. The molecule has 0 aliphatic carbocycles. The molecule has 0 fully saturated rings. The Kier molecular flexibility index (Phi) is 2.22. The number of aromatic nitrogens is 4. The molecule has 2 aromatic rings. The van der Waals surface area contributed by atoms with Gasteiger partial charge in [0.25, 0.3) is 0 Å². The zero-order valence-electron chi connectivity index (χ0n) is 9.23. The second-order valence-corrected chi connectivity index (χ2v) is 3.74. The van der Waals surface area contributed by atoms with E-state index in [0.29, 0.717) is 6.54 Å². The maximum atomic E-state index is 5.73. The van der Waals surface area contributed by atoms with Gasteiger partial charge in [-0.3, -0.25) is 9.36 Å². The Balaban J connectivity index is 2.29. The van der Waals surface area contributed by atoms with Gasteiger partial charge in [-0.25, -0.2) is 0 Å². The van der Waals surface area contributed by atoms with E-state index >= 15 is 0 Å². The highest BCUT2D eigenvalue weighted by Gasteiger charge is 2.07. The standard InChI is InChI=1S/C10H15N5/c1-7-4-9(14(3)13-7)6-15-8(2)10(11)5-12-15/h4-5H,6,11H2,1-3H3. The van der Waals surface area contributed by atoms with E-state index < -0.39 is 0 Å². The minimum Gasteiger partial charge on any atom is -0.396 e. The lowest BCUT2D eigenvalue weighted by molar-refractivity contribution is 0.607. The second-order valence-electron chi connectivity index (χ2n) is 3.74. The maximum absolute atomic E-state index is 5.73. The van der Waals surface area contributed by atoms with Crippen LogP contribution in [0.15, 0.2) is 12.3 Å². The van der Waals surface area contributed by atoms with Gasteiger partial charge in [0.15, 0.2) is 0 Å². The van der Waals surface area contributed by atoms with Crippen molar-refractivity contribution in [3.8, 4) is 0 Å². The molecule has 0 aromatic carbocycles. The van der Waals surface area contributed by atoms with E-state index in [4.69, 9.17) is 5.73 Å². The first-order valence-corrected chi connectivity index (χ1v) is 4.85. The Hall–Kier alpha value is -1.78. The van der Waals surface area contributed by atoms with Crippen LogP contribution in [0, 0.1) is 13.8 Å². The van der Waals surface area contributed by atoms with E-state index in [0.717, 1.165) is 22.8 Å². The SMILES string of the molecule is Cc1cc(Cn2ncc(N)c2C)n(C)n1. The molecule has 2 aromatic heterocycles. The summed E-state index contributed by atoms with van der Waals surface area (Å²) in [6.07, 6.45) is 1.68. The van der Waals surface area contributed by atoms with E-state index in [1.54, 1.807) is 6.20 Å². The van der Waals surface area contributed by atoms with Gasteiger partial charge >= 0.3 is 0 Å². The molecule has 0 spiro atoms. The van der Waals surface area contributed by atoms with Gasteiger partial charge in [-0.1, -0.05) is 0 Å². The van der Waals surface area contributed by atoms with E-state index in [-0.39, 0.29) is 0 Å². The fourth-order valence-corrected chi connectivity index (χ4v) is 1.59. The first-order valence-electron chi connectivity index (χ1n) is 4.85. The third-order valence-electron chi connectivity index (χ3n) is 2.55. The number of rotatable bonds is 2. The van der Waals surface area contributed by atoms with Gasteiger partial charge in [0, 0.05) is 7.05 Å². The molecule has 0 atom stereocenters. The lowest BCUT2D eigenvalue weighted by Crippen LogP contribution is -2.08. The van der Waals surface area contributed by atoms with Crippen molar-refractivity contribution in [1.82, 2.24) is 19.6 Å². The third-order valence-corrected chi connectivity index (χ3v) is 2.55. The Morgan fingerprint density at radius 3 is 2.60 bits per heavy atom. The summed E-state index contributed by atoms with van der Waals surface area (Å²) in [5.41, 5.74) is 9.60. The van der Waals surface area contributed by atoms with E-state index in [2.05, 4.69) is 16.3 Å². The van der Waals surface area contributed by atoms with Crippen LogP contribution in [-0.2, 0) is 13.6 Å². The molecule has 0 aliphatic heterocycles. The van der Waals surface area contributed by atoms with Crippen LogP contribution in [0.5, 0.6) is 0 Å². The molecule has 15 heavy (non-hydrogen) atoms. The highest BCUT2D eigenvalue weighted by molar-refractivity contribution is 5.39. The van der Waals surface area contributed by atoms with Gasteiger partial charge < -0.3 is 5.73 Å². The van der Waals surface area contributed by atoms with Crippen molar-refractivity contribution in [2.75, 3.05) is 5.73 Å². The number of nitrogens with zero attached hydrogens (tertiary/aromatic N) is 4. The van der Waals surface area contributed by atoms with Gasteiger partial charge in [-0.15, -0.1) is 0 Å². The molecule has 0 saturated heterocycles. The first-order chi connectivity index (χ1) is 7.08. The van der Waals surface area contributed by atoms with E-state index in [9.17, 15) is 0 Å². The van der Waals surface area contributed by atoms with Crippen molar-refractivity contribution < 1.29 is 0 Å². The number of nitrogen functional groups attached to an aromatic ring is 1. The molecule has 2 N–H and O–H groups in total. The fourth-order valence-electron chi connectivity index (χ4n) is 1.59. The van der Waals surface area contributed by atoms with Crippen LogP contribution in [0.25, 0.3) is 0 Å². The van der Waals surface area contributed by atoms with E-state index in [1.165, 1.54) is 0 Å². The zero-order chi connectivity index (χ0) is 11.0. The number of aryl methyl sites for hydroxylation is 2.